The number of rotatable bonds is 6. The highest BCUT2D eigenvalue weighted by atomic mass is 32.2. The van der Waals surface area contributed by atoms with Gasteiger partial charge in [0.25, 0.3) is 0 Å². The van der Waals surface area contributed by atoms with E-state index in [1.54, 1.807) is 18.2 Å². The molecule has 0 aromatic heterocycles. The van der Waals surface area contributed by atoms with E-state index in [0.717, 1.165) is 13.0 Å². The van der Waals surface area contributed by atoms with Gasteiger partial charge >= 0.3 is 5.97 Å². The molecule has 0 aliphatic carbocycles. The zero-order chi connectivity index (χ0) is 18.7. The summed E-state index contributed by atoms with van der Waals surface area (Å²) in [5.41, 5.74) is 4.62. The topological polar surface area (TPSA) is 95.7 Å². The van der Waals surface area contributed by atoms with Gasteiger partial charge in [-0.15, -0.1) is 0 Å². The van der Waals surface area contributed by atoms with Gasteiger partial charge in [0.15, 0.2) is 15.6 Å². The summed E-state index contributed by atoms with van der Waals surface area (Å²) >= 11 is 0. The van der Waals surface area contributed by atoms with Crippen molar-refractivity contribution >= 4 is 15.8 Å². The molecule has 134 valence electrons. The maximum atomic E-state index is 14.4. The van der Waals surface area contributed by atoms with Gasteiger partial charge in [0, 0.05) is 18.6 Å². The number of carbonyl (C=O) groups excluding carboxylic acids is 1. The van der Waals surface area contributed by atoms with Crippen molar-refractivity contribution in [3.05, 3.63) is 59.9 Å². The molecule has 0 aliphatic heterocycles. The van der Waals surface area contributed by atoms with E-state index in [2.05, 4.69) is 9.78 Å². The molecule has 1 unspecified atom stereocenters. The molecular weight excluding hydrogens is 349 g/mol. The number of sulfone groups is 1. The number of nitrogens with two attached hydrogens (primary N) is 1. The predicted octanol–water partition coefficient (Wildman–Crippen LogP) is 2.33. The van der Waals surface area contributed by atoms with Crippen LogP contribution in [0.5, 0.6) is 5.75 Å². The summed E-state index contributed by atoms with van der Waals surface area (Å²) in [6, 6.07) is 11.4. The van der Waals surface area contributed by atoms with Crippen LogP contribution in [0.15, 0.2) is 53.4 Å². The van der Waals surface area contributed by atoms with Crippen LogP contribution in [0.25, 0.3) is 0 Å². The molecule has 8 heteroatoms. The van der Waals surface area contributed by atoms with E-state index in [1.165, 1.54) is 31.2 Å². The molecule has 0 radical (unpaired) electrons. The molecule has 0 amide bonds. The Labute approximate surface area is 145 Å². The number of hydrogen-bond acceptors (Lipinski definition) is 6. The van der Waals surface area contributed by atoms with Crippen LogP contribution in [0.4, 0.5) is 4.39 Å². The summed E-state index contributed by atoms with van der Waals surface area (Å²) in [7, 11) is -3.71. The lowest BCUT2D eigenvalue weighted by atomic mass is 9.95. The highest BCUT2D eigenvalue weighted by molar-refractivity contribution is 7.91. The van der Waals surface area contributed by atoms with E-state index >= 15 is 0 Å². The third kappa shape index (κ3) is 4.77. The molecule has 25 heavy (non-hydrogen) atoms. The normalized spacial score (nSPS) is 13.8. The average molecular weight is 367 g/mol. The standard InChI is InChI=1S/C17H18FNO5S/c1-12(20)23-24-13-8-9-15(16(18)10-13)17(2,19)11-25(21,22)14-6-4-3-5-7-14/h3-10H,11,19H2,1-2H3. The zero-order valence-electron chi connectivity index (χ0n) is 13.7. The Morgan fingerprint density at radius 2 is 1.84 bits per heavy atom. The van der Waals surface area contributed by atoms with Crippen molar-refractivity contribution in [1.29, 1.82) is 0 Å². The molecule has 0 saturated carbocycles. The second-order valence-corrected chi connectivity index (χ2v) is 7.78. The molecule has 1 atom stereocenters. The third-order valence-electron chi connectivity index (χ3n) is 3.40. The van der Waals surface area contributed by atoms with Gasteiger partial charge in [-0.2, -0.15) is 0 Å². The van der Waals surface area contributed by atoms with Crippen LogP contribution in [0.2, 0.25) is 0 Å². The number of carbonyl (C=O) groups is 1. The lowest BCUT2D eigenvalue weighted by molar-refractivity contribution is -0.210. The lowest BCUT2D eigenvalue weighted by Crippen LogP contribution is -2.41. The summed E-state index contributed by atoms with van der Waals surface area (Å²) in [4.78, 5) is 19.8. The summed E-state index contributed by atoms with van der Waals surface area (Å²) in [6.45, 7) is 2.56. The molecule has 0 saturated heterocycles. The Bertz CT molecular complexity index is 866. The minimum Gasteiger partial charge on any atom is -0.321 e. The maximum absolute atomic E-state index is 14.4. The first-order valence-electron chi connectivity index (χ1n) is 7.34. The monoisotopic (exact) mass is 367 g/mol. The Hall–Kier alpha value is -2.45. The van der Waals surface area contributed by atoms with Gasteiger partial charge in [0.1, 0.15) is 5.82 Å². The van der Waals surface area contributed by atoms with E-state index in [9.17, 15) is 17.6 Å². The van der Waals surface area contributed by atoms with Crippen molar-refractivity contribution in [2.24, 2.45) is 5.73 Å². The third-order valence-corrected chi connectivity index (χ3v) is 5.37. The summed E-state index contributed by atoms with van der Waals surface area (Å²) < 4.78 is 39.3. The number of halogens is 1. The van der Waals surface area contributed by atoms with Gasteiger partial charge in [-0.1, -0.05) is 24.3 Å². The number of hydrogen-bond donors (Lipinski definition) is 1. The van der Waals surface area contributed by atoms with Gasteiger partial charge in [0.2, 0.25) is 0 Å². The zero-order valence-corrected chi connectivity index (χ0v) is 14.5. The first-order chi connectivity index (χ1) is 11.6. The highest BCUT2D eigenvalue weighted by Gasteiger charge is 2.32. The smallest absolute Gasteiger partial charge is 0.321 e. The molecule has 2 aromatic carbocycles. The van der Waals surface area contributed by atoms with E-state index < -0.39 is 32.9 Å². The largest absolute Gasteiger partial charge is 0.352 e. The van der Waals surface area contributed by atoms with Crippen LogP contribution in [0.1, 0.15) is 19.4 Å². The van der Waals surface area contributed by atoms with Crippen LogP contribution in [-0.4, -0.2) is 20.1 Å². The fourth-order valence-electron chi connectivity index (χ4n) is 2.30. The van der Waals surface area contributed by atoms with Gasteiger partial charge in [-0.3, -0.25) is 9.78 Å². The van der Waals surface area contributed by atoms with Crippen LogP contribution < -0.4 is 10.6 Å². The van der Waals surface area contributed by atoms with Crippen LogP contribution in [0, 0.1) is 5.82 Å². The Balaban J connectivity index is 2.26. The maximum Gasteiger partial charge on any atom is 0.352 e. The molecule has 6 nitrogen and oxygen atoms in total. The molecule has 0 heterocycles. The summed E-state index contributed by atoms with van der Waals surface area (Å²) in [6.07, 6.45) is 0. The average Bonchev–Trinajstić information content (AvgIpc) is 2.52. The molecule has 0 aliphatic rings. The second kappa shape index (κ2) is 7.20. The van der Waals surface area contributed by atoms with E-state index in [0.29, 0.717) is 0 Å². The van der Waals surface area contributed by atoms with Crippen LogP contribution in [-0.2, 0) is 25.1 Å². The van der Waals surface area contributed by atoms with Crippen molar-refractivity contribution in [2.75, 3.05) is 5.75 Å². The van der Waals surface area contributed by atoms with Gasteiger partial charge in [-0.05, 0) is 25.1 Å². The van der Waals surface area contributed by atoms with Crippen LogP contribution in [0.3, 0.4) is 0 Å². The Morgan fingerprint density at radius 3 is 2.40 bits per heavy atom. The fourth-order valence-corrected chi connectivity index (χ4v) is 3.98. The highest BCUT2D eigenvalue weighted by Crippen LogP contribution is 2.28. The molecule has 0 bridgehead atoms. The Morgan fingerprint density at radius 1 is 1.20 bits per heavy atom. The summed E-state index contributed by atoms with van der Waals surface area (Å²) in [5, 5.41) is 0. The first-order valence-corrected chi connectivity index (χ1v) is 8.99. The van der Waals surface area contributed by atoms with E-state index in [-0.39, 0.29) is 16.2 Å². The second-order valence-electron chi connectivity index (χ2n) is 5.79. The minimum absolute atomic E-state index is 0.00202. The summed E-state index contributed by atoms with van der Waals surface area (Å²) in [5.74, 6) is -1.98. The fraction of sp³-hybridized carbons (Fsp3) is 0.235. The molecule has 2 aromatic rings. The molecular formula is C17H18FNO5S. The van der Waals surface area contributed by atoms with Crippen molar-refractivity contribution in [3.63, 3.8) is 0 Å². The molecule has 0 fully saturated rings. The van der Waals surface area contributed by atoms with Crippen LogP contribution >= 0.6 is 0 Å². The molecule has 0 spiro atoms. The minimum atomic E-state index is -3.71. The number of benzene rings is 2. The van der Waals surface area contributed by atoms with E-state index in [4.69, 9.17) is 5.73 Å². The molecule has 2 N–H and O–H groups in total. The van der Waals surface area contributed by atoms with Gasteiger partial charge < -0.3 is 5.73 Å². The van der Waals surface area contributed by atoms with Gasteiger partial charge in [-0.25, -0.2) is 17.6 Å². The van der Waals surface area contributed by atoms with Crippen molar-refractivity contribution < 1.29 is 27.4 Å². The van der Waals surface area contributed by atoms with Gasteiger partial charge in [0.05, 0.1) is 16.2 Å². The van der Waals surface area contributed by atoms with Crippen molar-refractivity contribution in [1.82, 2.24) is 0 Å². The van der Waals surface area contributed by atoms with Crippen molar-refractivity contribution in [3.8, 4) is 5.75 Å². The Kier molecular flexibility index (Phi) is 5.44. The predicted molar refractivity (Wildman–Crippen MR) is 88.8 cm³/mol. The molecule has 2 rings (SSSR count). The SMILES string of the molecule is CC(=O)OOc1ccc(C(C)(N)CS(=O)(=O)c2ccccc2)c(F)c1. The first kappa shape index (κ1) is 18.9. The quantitative estimate of drug-likeness (QED) is 0.622. The van der Waals surface area contributed by atoms with E-state index in [1.807, 2.05) is 0 Å². The lowest BCUT2D eigenvalue weighted by Gasteiger charge is -2.25. The van der Waals surface area contributed by atoms with Crippen molar-refractivity contribution in [2.45, 2.75) is 24.3 Å².